The van der Waals surface area contributed by atoms with Crippen LogP contribution in [-0.4, -0.2) is 47.7 Å². The summed E-state index contributed by atoms with van der Waals surface area (Å²) in [5, 5.41) is 7.33. The molecule has 11 heteroatoms. The Balaban J connectivity index is 1.49. The average molecular weight is 756 g/mol. The number of hydrogen-bond donors (Lipinski definition) is 3. The van der Waals surface area contributed by atoms with Crippen LogP contribution in [0.3, 0.4) is 0 Å². The van der Waals surface area contributed by atoms with E-state index in [2.05, 4.69) is 16.0 Å². The van der Waals surface area contributed by atoms with Gasteiger partial charge >= 0.3 is 12.0 Å². The number of hydrogen-bond acceptors (Lipinski definition) is 6. The molecule has 0 aliphatic heterocycles. The Kier molecular flexibility index (Phi) is 15.9. The summed E-state index contributed by atoms with van der Waals surface area (Å²) in [5.41, 5.74) is 3.19. The Morgan fingerprint density at radius 3 is 1.73 bits per heavy atom. The summed E-state index contributed by atoms with van der Waals surface area (Å²) in [4.78, 5) is 53.3. The van der Waals surface area contributed by atoms with Crippen LogP contribution in [-0.2, 0) is 45.2 Å². The van der Waals surface area contributed by atoms with Crippen molar-refractivity contribution in [3.8, 4) is 5.75 Å². The van der Waals surface area contributed by atoms with Crippen molar-refractivity contribution >= 4 is 23.7 Å². The molecule has 0 saturated carbocycles. The highest BCUT2D eigenvalue weighted by Crippen LogP contribution is 2.23. The number of carbonyl (C=O) groups excluding carboxylic acids is 4. The maximum Gasteiger partial charge on any atom is 0.408 e. The van der Waals surface area contributed by atoms with Gasteiger partial charge in [0.25, 0.3) is 5.91 Å². The molecule has 0 spiro atoms. The van der Waals surface area contributed by atoms with E-state index in [1.807, 2.05) is 80.6 Å². The van der Waals surface area contributed by atoms with Crippen LogP contribution in [0.5, 0.6) is 5.75 Å². The Morgan fingerprint density at radius 1 is 0.636 bits per heavy atom. The molecule has 0 radical (unpaired) electrons. The summed E-state index contributed by atoms with van der Waals surface area (Å²) < 4.78 is 43.0. The van der Waals surface area contributed by atoms with Gasteiger partial charge in [0.1, 0.15) is 25.0 Å². The molecule has 4 aromatic carbocycles. The molecular weight excluding hydrogens is 704 g/mol. The second-order valence-electron chi connectivity index (χ2n) is 14.3. The fourth-order valence-corrected chi connectivity index (χ4v) is 5.93. The number of Topliss-reactive ketones (excluding diaryl/α,β-unsaturated/α-hetero) is 1. The molecule has 4 aromatic rings. The van der Waals surface area contributed by atoms with E-state index in [0.29, 0.717) is 37.2 Å². The van der Waals surface area contributed by atoms with Crippen LogP contribution in [0.2, 0.25) is 0 Å². The SMILES string of the molecule is CC(C)[C@H](CCCc1ccccc1)NC(=O)C(F)(F)C(=O)[C@H](Cc1ccc(OCc2ccccc2)cc1)NC(=O)[C@@H](NC(=O)OCc1ccccc1)C(C)C. The molecule has 292 valence electrons. The predicted octanol–water partition coefficient (Wildman–Crippen LogP) is 7.61. The molecule has 0 heterocycles. The van der Waals surface area contributed by atoms with Gasteiger partial charge in [0.2, 0.25) is 11.7 Å². The molecule has 3 amide bonds. The first-order chi connectivity index (χ1) is 26.3. The van der Waals surface area contributed by atoms with Crippen LogP contribution in [0.25, 0.3) is 0 Å². The molecule has 0 saturated heterocycles. The van der Waals surface area contributed by atoms with E-state index in [1.54, 1.807) is 62.4 Å². The fourth-order valence-electron chi connectivity index (χ4n) is 5.93. The highest BCUT2D eigenvalue weighted by Gasteiger charge is 2.51. The standard InChI is InChI=1S/C44H51F2N3O6/c1-30(2)37(22-14-21-32-15-8-5-9-16-32)48-42(52)44(45,46)40(50)38(27-33-23-25-36(26-24-33)54-28-34-17-10-6-11-18-34)47-41(51)39(31(3)4)49-43(53)55-29-35-19-12-7-13-20-35/h5-13,15-20,23-26,30-31,37-39H,14,21-22,27-29H2,1-4H3,(H,47,51)(H,48,52)(H,49,53)/t37-,38-,39-/m0/s1. The highest BCUT2D eigenvalue weighted by atomic mass is 19.3. The maximum absolute atomic E-state index is 16.0. The largest absolute Gasteiger partial charge is 0.489 e. The number of carbonyl (C=O) groups is 4. The molecule has 0 unspecified atom stereocenters. The van der Waals surface area contributed by atoms with Crippen molar-refractivity contribution in [2.75, 3.05) is 0 Å². The van der Waals surface area contributed by atoms with Crippen LogP contribution in [0, 0.1) is 11.8 Å². The summed E-state index contributed by atoms with van der Waals surface area (Å²) in [6.07, 6.45) is 0.491. The molecule has 0 fully saturated rings. The summed E-state index contributed by atoms with van der Waals surface area (Å²) >= 11 is 0. The lowest BCUT2D eigenvalue weighted by Crippen LogP contribution is -2.59. The first kappa shape index (κ1) is 42.2. The molecule has 0 aromatic heterocycles. The van der Waals surface area contributed by atoms with Crippen molar-refractivity contribution in [2.24, 2.45) is 11.8 Å². The number of alkyl halides is 2. The third kappa shape index (κ3) is 13.3. The van der Waals surface area contributed by atoms with Crippen LogP contribution < -0.4 is 20.7 Å². The Labute approximate surface area is 322 Å². The van der Waals surface area contributed by atoms with Gasteiger partial charge in [-0.05, 0) is 65.5 Å². The van der Waals surface area contributed by atoms with E-state index in [-0.39, 0.29) is 18.9 Å². The molecule has 55 heavy (non-hydrogen) atoms. The first-order valence-corrected chi connectivity index (χ1v) is 18.6. The number of benzene rings is 4. The van der Waals surface area contributed by atoms with Gasteiger partial charge in [-0.25, -0.2) is 4.79 Å². The van der Waals surface area contributed by atoms with E-state index in [1.165, 1.54) is 0 Å². The molecule has 0 aliphatic carbocycles. The number of ketones is 1. The molecule has 0 aliphatic rings. The lowest BCUT2D eigenvalue weighted by molar-refractivity contribution is -0.161. The van der Waals surface area contributed by atoms with E-state index in [9.17, 15) is 19.2 Å². The molecule has 9 nitrogen and oxygen atoms in total. The molecule has 3 N–H and O–H groups in total. The zero-order chi connectivity index (χ0) is 39.8. The number of halogens is 2. The third-order valence-electron chi connectivity index (χ3n) is 9.22. The number of amides is 3. The minimum Gasteiger partial charge on any atom is -0.489 e. The van der Waals surface area contributed by atoms with Crippen molar-refractivity contribution in [3.63, 3.8) is 0 Å². The van der Waals surface area contributed by atoms with Crippen LogP contribution in [0.15, 0.2) is 115 Å². The summed E-state index contributed by atoms with van der Waals surface area (Å²) in [5.74, 6) is -9.08. The summed E-state index contributed by atoms with van der Waals surface area (Å²) in [6.45, 7) is 7.17. The number of ether oxygens (including phenoxy) is 2. The molecular formula is C44H51F2N3O6. The van der Waals surface area contributed by atoms with E-state index in [0.717, 1.165) is 16.7 Å². The van der Waals surface area contributed by atoms with Gasteiger partial charge in [-0.15, -0.1) is 0 Å². The topological polar surface area (TPSA) is 123 Å². The maximum atomic E-state index is 16.0. The molecule has 3 atom stereocenters. The van der Waals surface area contributed by atoms with Gasteiger partial charge in [0.05, 0.1) is 6.04 Å². The zero-order valence-corrected chi connectivity index (χ0v) is 31.8. The van der Waals surface area contributed by atoms with Gasteiger partial charge < -0.3 is 25.4 Å². The lowest BCUT2D eigenvalue weighted by Gasteiger charge is -2.28. The lowest BCUT2D eigenvalue weighted by atomic mass is 9.94. The quantitative estimate of drug-likeness (QED) is 0.0799. The average Bonchev–Trinajstić information content (AvgIpc) is 3.18. The molecule has 0 bridgehead atoms. The smallest absolute Gasteiger partial charge is 0.408 e. The zero-order valence-electron chi connectivity index (χ0n) is 31.8. The van der Waals surface area contributed by atoms with Gasteiger partial charge in [-0.2, -0.15) is 8.78 Å². The minimum atomic E-state index is -4.49. The Bertz CT molecular complexity index is 1810. The van der Waals surface area contributed by atoms with Crippen molar-refractivity contribution < 1.29 is 37.4 Å². The summed E-state index contributed by atoms with van der Waals surface area (Å²) in [6, 6.07) is 30.9. The van der Waals surface area contributed by atoms with Gasteiger partial charge in [-0.1, -0.05) is 131 Å². The van der Waals surface area contributed by atoms with E-state index in [4.69, 9.17) is 9.47 Å². The Morgan fingerprint density at radius 2 is 1.18 bits per heavy atom. The molecule has 4 rings (SSSR count). The number of rotatable bonds is 20. The second kappa shape index (κ2) is 20.8. The first-order valence-electron chi connectivity index (χ1n) is 18.6. The van der Waals surface area contributed by atoms with Gasteiger partial charge in [0, 0.05) is 12.5 Å². The normalized spacial score (nSPS) is 13.0. The monoisotopic (exact) mass is 755 g/mol. The van der Waals surface area contributed by atoms with Crippen LogP contribution in [0.1, 0.15) is 62.8 Å². The van der Waals surface area contributed by atoms with Gasteiger partial charge in [0.15, 0.2) is 0 Å². The fraction of sp³-hybridized carbons (Fsp3) is 0.364. The second-order valence-corrected chi connectivity index (χ2v) is 14.3. The third-order valence-corrected chi connectivity index (χ3v) is 9.22. The van der Waals surface area contributed by atoms with Crippen molar-refractivity contribution in [1.29, 1.82) is 0 Å². The van der Waals surface area contributed by atoms with Gasteiger partial charge in [-0.3, -0.25) is 14.4 Å². The van der Waals surface area contributed by atoms with E-state index >= 15 is 8.78 Å². The van der Waals surface area contributed by atoms with Crippen molar-refractivity contribution in [3.05, 3.63) is 138 Å². The Hall–Kier alpha value is -5.58. The van der Waals surface area contributed by atoms with Crippen LogP contribution in [0.4, 0.5) is 13.6 Å². The number of aryl methyl sites for hydroxylation is 1. The summed E-state index contributed by atoms with van der Waals surface area (Å²) in [7, 11) is 0. The highest BCUT2D eigenvalue weighted by molar-refractivity contribution is 6.10. The number of nitrogens with one attached hydrogen (secondary N) is 3. The number of alkyl carbamates (subject to hydrolysis) is 1. The van der Waals surface area contributed by atoms with Crippen LogP contribution >= 0.6 is 0 Å². The van der Waals surface area contributed by atoms with E-state index < -0.39 is 53.7 Å². The predicted molar refractivity (Wildman–Crippen MR) is 207 cm³/mol. The van der Waals surface area contributed by atoms with Crippen molar-refractivity contribution in [1.82, 2.24) is 16.0 Å². The van der Waals surface area contributed by atoms with Crippen molar-refractivity contribution in [2.45, 2.75) is 90.6 Å². The minimum absolute atomic E-state index is 0.0593.